The van der Waals surface area contributed by atoms with Crippen LogP contribution < -0.4 is 0 Å². The second-order valence-corrected chi connectivity index (χ2v) is 4.22. The number of fused-ring (bicyclic) bond motifs is 1. The van der Waals surface area contributed by atoms with Crippen molar-refractivity contribution in [2.75, 3.05) is 6.61 Å². The van der Waals surface area contributed by atoms with Gasteiger partial charge in [0.2, 0.25) is 0 Å². The quantitative estimate of drug-likeness (QED) is 0.629. The minimum atomic E-state index is -0.0446. The highest BCUT2D eigenvalue weighted by molar-refractivity contribution is 5.81. The third-order valence-corrected chi connectivity index (χ3v) is 3.40. The van der Waals surface area contributed by atoms with Gasteiger partial charge in [0.1, 0.15) is 5.78 Å². The number of hydrogen-bond donors (Lipinski definition) is 0. The van der Waals surface area contributed by atoms with Crippen molar-refractivity contribution in [3.05, 3.63) is 0 Å². The van der Waals surface area contributed by atoms with Gasteiger partial charge in [-0.05, 0) is 31.6 Å². The number of ketones is 1. The predicted octanol–water partition coefficient (Wildman–Crippen LogP) is 1.55. The molecule has 0 saturated heterocycles. The lowest BCUT2D eigenvalue weighted by atomic mass is 10.1. The van der Waals surface area contributed by atoms with E-state index >= 15 is 0 Å². The van der Waals surface area contributed by atoms with Gasteiger partial charge in [0, 0.05) is 12.8 Å². The first kappa shape index (κ1) is 9.69. The zero-order chi connectivity index (χ0) is 10.1. The number of rotatable bonds is 2. The molecule has 0 aromatic rings. The summed E-state index contributed by atoms with van der Waals surface area (Å²) in [4.78, 5) is 22.6. The molecule has 2 aliphatic rings. The standard InChI is InChI=1S/C11H16O3/c1-2-14-11(13)10-8-5-3-7(12)4-6-9(8)10/h8-10H,2-6H2,1H3/t8-,9+,10?. The number of carbonyl (C=O) groups is 2. The summed E-state index contributed by atoms with van der Waals surface area (Å²) in [6.45, 7) is 2.30. The van der Waals surface area contributed by atoms with E-state index in [-0.39, 0.29) is 11.9 Å². The lowest BCUT2D eigenvalue weighted by Gasteiger charge is -2.02. The van der Waals surface area contributed by atoms with Crippen LogP contribution in [0, 0.1) is 17.8 Å². The molecular formula is C11H16O3. The first-order valence-corrected chi connectivity index (χ1v) is 5.42. The van der Waals surface area contributed by atoms with Gasteiger partial charge in [-0.1, -0.05) is 0 Å². The third kappa shape index (κ3) is 1.68. The number of ether oxygens (including phenoxy) is 1. The van der Waals surface area contributed by atoms with E-state index in [0.717, 1.165) is 12.8 Å². The van der Waals surface area contributed by atoms with Crippen molar-refractivity contribution in [3.63, 3.8) is 0 Å². The van der Waals surface area contributed by atoms with Gasteiger partial charge in [0.15, 0.2) is 0 Å². The highest BCUT2D eigenvalue weighted by Crippen LogP contribution is 2.54. The van der Waals surface area contributed by atoms with Crippen molar-refractivity contribution < 1.29 is 14.3 Å². The third-order valence-electron chi connectivity index (χ3n) is 3.40. The Morgan fingerprint density at radius 1 is 1.36 bits per heavy atom. The van der Waals surface area contributed by atoms with Crippen molar-refractivity contribution in [1.29, 1.82) is 0 Å². The Labute approximate surface area is 83.8 Å². The van der Waals surface area contributed by atoms with E-state index in [1.807, 2.05) is 6.92 Å². The van der Waals surface area contributed by atoms with Crippen molar-refractivity contribution in [1.82, 2.24) is 0 Å². The number of hydrogen-bond acceptors (Lipinski definition) is 3. The Morgan fingerprint density at radius 2 is 1.93 bits per heavy atom. The lowest BCUT2D eigenvalue weighted by molar-refractivity contribution is -0.145. The number of Topliss-reactive ketones (excluding diaryl/α,β-unsaturated/α-hetero) is 1. The summed E-state index contributed by atoms with van der Waals surface area (Å²) in [6, 6.07) is 0. The van der Waals surface area contributed by atoms with E-state index in [4.69, 9.17) is 4.74 Å². The van der Waals surface area contributed by atoms with Crippen molar-refractivity contribution >= 4 is 11.8 Å². The Kier molecular flexibility index (Phi) is 2.57. The van der Waals surface area contributed by atoms with Gasteiger partial charge in [-0.15, -0.1) is 0 Å². The Balaban J connectivity index is 1.90. The zero-order valence-corrected chi connectivity index (χ0v) is 8.49. The minimum Gasteiger partial charge on any atom is -0.466 e. The molecule has 3 nitrogen and oxygen atoms in total. The molecule has 0 aromatic carbocycles. The Hall–Kier alpha value is -0.860. The van der Waals surface area contributed by atoms with Gasteiger partial charge < -0.3 is 4.74 Å². The Bertz CT molecular complexity index is 243. The van der Waals surface area contributed by atoms with E-state index in [1.165, 1.54) is 0 Å². The maximum absolute atomic E-state index is 11.5. The fraction of sp³-hybridized carbons (Fsp3) is 0.818. The molecule has 14 heavy (non-hydrogen) atoms. The summed E-state index contributed by atoms with van der Waals surface area (Å²) in [7, 11) is 0. The molecule has 78 valence electrons. The molecule has 0 heterocycles. The number of esters is 1. The molecule has 2 aliphatic carbocycles. The molecule has 0 bridgehead atoms. The van der Waals surface area contributed by atoms with Crippen LogP contribution in [0.4, 0.5) is 0 Å². The molecule has 0 aliphatic heterocycles. The van der Waals surface area contributed by atoms with E-state index in [2.05, 4.69) is 0 Å². The van der Waals surface area contributed by atoms with E-state index in [0.29, 0.717) is 37.1 Å². The predicted molar refractivity (Wildman–Crippen MR) is 50.6 cm³/mol. The normalized spacial score (nSPS) is 35.8. The van der Waals surface area contributed by atoms with Gasteiger partial charge in [-0.25, -0.2) is 0 Å². The molecule has 1 unspecified atom stereocenters. The summed E-state index contributed by atoms with van der Waals surface area (Å²) >= 11 is 0. The van der Waals surface area contributed by atoms with Gasteiger partial charge in [0.25, 0.3) is 0 Å². The van der Waals surface area contributed by atoms with Crippen LogP contribution >= 0.6 is 0 Å². The molecule has 0 N–H and O–H groups in total. The maximum Gasteiger partial charge on any atom is 0.309 e. The van der Waals surface area contributed by atoms with Crippen LogP contribution in [-0.4, -0.2) is 18.4 Å². The van der Waals surface area contributed by atoms with Crippen molar-refractivity contribution in [2.24, 2.45) is 17.8 Å². The molecule has 0 radical (unpaired) electrons. The average Bonchev–Trinajstić information content (AvgIpc) is 2.85. The maximum atomic E-state index is 11.5. The molecule has 0 amide bonds. The second-order valence-electron chi connectivity index (χ2n) is 4.22. The van der Waals surface area contributed by atoms with Crippen molar-refractivity contribution in [2.45, 2.75) is 32.6 Å². The zero-order valence-electron chi connectivity index (χ0n) is 8.49. The molecular weight excluding hydrogens is 180 g/mol. The number of carbonyl (C=O) groups excluding carboxylic acids is 2. The smallest absolute Gasteiger partial charge is 0.309 e. The minimum absolute atomic E-state index is 0.0446. The van der Waals surface area contributed by atoms with Gasteiger partial charge in [-0.2, -0.15) is 0 Å². The fourth-order valence-corrected chi connectivity index (χ4v) is 2.60. The monoisotopic (exact) mass is 196 g/mol. The van der Waals surface area contributed by atoms with Gasteiger partial charge >= 0.3 is 5.97 Å². The van der Waals surface area contributed by atoms with E-state index in [1.54, 1.807) is 0 Å². The van der Waals surface area contributed by atoms with Crippen LogP contribution in [0.15, 0.2) is 0 Å². The molecule has 0 spiro atoms. The molecule has 2 saturated carbocycles. The summed E-state index contributed by atoms with van der Waals surface area (Å²) in [5.41, 5.74) is 0. The van der Waals surface area contributed by atoms with Gasteiger partial charge in [0.05, 0.1) is 12.5 Å². The van der Waals surface area contributed by atoms with Crippen LogP contribution in [0.25, 0.3) is 0 Å². The topological polar surface area (TPSA) is 43.4 Å². The SMILES string of the molecule is CCOC(=O)C1[C@H]2CCC(=O)CC[C@@H]12. The van der Waals surface area contributed by atoms with E-state index < -0.39 is 0 Å². The first-order chi connectivity index (χ1) is 6.74. The highest BCUT2D eigenvalue weighted by atomic mass is 16.5. The summed E-state index contributed by atoms with van der Waals surface area (Å²) in [5.74, 6) is 1.32. The first-order valence-electron chi connectivity index (χ1n) is 5.42. The molecule has 2 rings (SSSR count). The van der Waals surface area contributed by atoms with Gasteiger partial charge in [-0.3, -0.25) is 9.59 Å². The van der Waals surface area contributed by atoms with Crippen LogP contribution in [-0.2, 0) is 14.3 Å². The molecule has 2 fully saturated rings. The van der Waals surface area contributed by atoms with Crippen LogP contribution in [0.2, 0.25) is 0 Å². The van der Waals surface area contributed by atoms with Crippen LogP contribution in [0.5, 0.6) is 0 Å². The summed E-state index contributed by atoms with van der Waals surface area (Å²) < 4.78 is 5.00. The van der Waals surface area contributed by atoms with E-state index in [9.17, 15) is 9.59 Å². The second kappa shape index (κ2) is 3.71. The molecule has 0 aromatic heterocycles. The van der Waals surface area contributed by atoms with Crippen LogP contribution in [0.3, 0.4) is 0 Å². The largest absolute Gasteiger partial charge is 0.466 e. The van der Waals surface area contributed by atoms with Crippen molar-refractivity contribution in [3.8, 4) is 0 Å². The fourth-order valence-electron chi connectivity index (χ4n) is 2.60. The Morgan fingerprint density at radius 3 is 2.43 bits per heavy atom. The highest BCUT2D eigenvalue weighted by Gasteiger charge is 2.55. The molecule has 3 heteroatoms. The molecule has 3 atom stereocenters. The summed E-state index contributed by atoms with van der Waals surface area (Å²) in [5, 5.41) is 0. The summed E-state index contributed by atoms with van der Waals surface area (Å²) in [6.07, 6.45) is 3.12. The average molecular weight is 196 g/mol. The van der Waals surface area contributed by atoms with Crippen LogP contribution in [0.1, 0.15) is 32.6 Å². The lowest BCUT2D eigenvalue weighted by Crippen LogP contribution is -2.10.